The van der Waals surface area contributed by atoms with Crippen LogP contribution in [0.1, 0.15) is 39.2 Å². The predicted octanol–water partition coefficient (Wildman–Crippen LogP) is 5.51. The van der Waals surface area contributed by atoms with Crippen molar-refractivity contribution in [1.82, 2.24) is 0 Å². The monoisotopic (exact) mass is 440 g/mol. The highest BCUT2D eigenvalue weighted by molar-refractivity contribution is 6.18. The normalized spacial score (nSPS) is 19.5. The summed E-state index contributed by atoms with van der Waals surface area (Å²) in [7, 11) is 0. The van der Waals surface area contributed by atoms with E-state index in [1.165, 1.54) is 11.3 Å². The molecule has 0 spiro atoms. The van der Waals surface area contributed by atoms with E-state index in [1.807, 2.05) is 23.1 Å². The Morgan fingerprint density at radius 2 is 1.81 bits per heavy atom. The molecule has 1 amide bonds. The van der Waals surface area contributed by atoms with Crippen molar-refractivity contribution in [3.8, 4) is 11.5 Å². The van der Waals surface area contributed by atoms with Crippen LogP contribution in [0.15, 0.2) is 36.4 Å². The molecule has 1 unspecified atom stereocenters. The van der Waals surface area contributed by atoms with Gasteiger partial charge in [0.05, 0.1) is 5.69 Å². The lowest BCUT2D eigenvalue weighted by Crippen LogP contribution is -2.42. The quantitative estimate of drug-likeness (QED) is 0.575. The van der Waals surface area contributed by atoms with Crippen molar-refractivity contribution in [3.05, 3.63) is 42.0 Å². The molecule has 0 bridgehead atoms. The van der Waals surface area contributed by atoms with E-state index in [0.717, 1.165) is 42.9 Å². The zero-order valence-electron chi connectivity index (χ0n) is 18.4. The van der Waals surface area contributed by atoms with Gasteiger partial charge >= 0.3 is 0 Å². The Hall–Kier alpha value is -2.40. The van der Waals surface area contributed by atoms with Gasteiger partial charge in [0.25, 0.3) is 0 Å². The van der Waals surface area contributed by atoms with Crippen LogP contribution in [0.5, 0.6) is 11.5 Å². The van der Waals surface area contributed by atoms with Gasteiger partial charge in [0.1, 0.15) is 0 Å². The molecule has 5 nitrogen and oxygen atoms in total. The lowest BCUT2D eigenvalue weighted by molar-refractivity contribution is -0.119. The Balaban J connectivity index is 1.54. The highest BCUT2D eigenvalue weighted by Gasteiger charge is 2.39. The van der Waals surface area contributed by atoms with Gasteiger partial charge in [-0.3, -0.25) is 9.69 Å². The molecule has 1 atom stereocenters. The first-order valence-corrected chi connectivity index (χ1v) is 11.6. The number of carbonyl (C=O) groups is 1. The number of amides is 1. The first kappa shape index (κ1) is 20.5. The summed E-state index contributed by atoms with van der Waals surface area (Å²) in [5.74, 6) is 2.27. The van der Waals surface area contributed by atoms with E-state index < -0.39 is 0 Å². The number of carbonyl (C=O) groups excluding carboxylic acids is 1. The summed E-state index contributed by atoms with van der Waals surface area (Å²) in [6.45, 7) is 7.88. The van der Waals surface area contributed by atoms with Gasteiger partial charge in [0, 0.05) is 41.8 Å². The smallest absolute Gasteiger partial charge is 0.234 e. The summed E-state index contributed by atoms with van der Waals surface area (Å²) >= 11 is 6.14. The number of benzene rings is 2. The zero-order valence-corrected chi connectivity index (χ0v) is 19.1. The number of anilines is 3. The second kappa shape index (κ2) is 7.63. The van der Waals surface area contributed by atoms with Crippen LogP contribution in [0, 0.1) is 11.3 Å². The fourth-order valence-electron chi connectivity index (χ4n) is 4.72. The molecule has 1 aliphatic carbocycles. The Labute approximate surface area is 188 Å². The van der Waals surface area contributed by atoms with Gasteiger partial charge in [0.15, 0.2) is 11.5 Å². The van der Waals surface area contributed by atoms with E-state index in [-0.39, 0.29) is 24.0 Å². The molecular formula is C25H29ClN2O3. The Bertz CT molecular complexity index is 1010. The predicted molar refractivity (Wildman–Crippen MR) is 124 cm³/mol. The fraction of sp³-hybridized carbons (Fsp3) is 0.480. The Morgan fingerprint density at radius 1 is 1.10 bits per heavy atom. The molecule has 2 heterocycles. The highest BCUT2D eigenvalue weighted by atomic mass is 35.5. The minimum absolute atomic E-state index is 0.105. The summed E-state index contributed by atoms with van der Waals surface area (Å²) < 4.78 is 11.0. The average molecular weight is 441 g/mol. The second-order valence-corrected chi connectivity index (χ2v) is 10.1. The van der Waals surface area contributed by atoms with Gasteiger partial charge in [0.2, 0.25) is 12.7 Å². The molecule has 1 fully saturated rings. The third kappa shape index (κ3) is 3.73. The number of hydrogen-bond donors (Lipinski definition) is 0. The van der Waals surface area contributed by atoms with Crippen LogP contribution in [0.25, 0.3) is 0 Å². The van der Waals surface area contributed by atoms with Crippen LogP contribution in [-0.4, -0.2) is 31.2 Å². The highest BCUT2D eigenvalue weighted by Crippen LogP contribution is 2.44. The van der Waals surface area contributed by atoms with E-state index in [2.05, 4.69) is 43.9 Å². The van der Waals surface area contributed by atoms with Crippen LogP contribution < -0.4 is 19.3 Å². The van der Waals surface area contributed by atoms with Crippen LogP contribution in [0.2, 0.25) is 0 Å². The minimum Gasteiger partial charge on any atom is -0.454 e. The molecule has 1 saturated carbocycles. The molecule has 0 radical (unpaired) electrons. The van der Waals surface area contributed by atoms with Gasteiger partial charge in [-0.1, -0.05) is 20.8 Å². The maximum Gasteiger partial charge on any atom is 0.234 e. The summed E-state index contributed by atoms with van der Waals surface area (Å²) in [5, 5.41) is 0. The van der Waals surface area contributed by atoms with E-state index in [9.17, 15) is 4.79 Å². The summed E-state index contributed by atoms with van der Waals surface area (Å²) in [5.41, 5.74) is 4.37. The summed E-state index contributed by atoms with van der Waals surface area (Å²) in [6.07, 6.45) is 2.87. The first-order chi connectivity index (χ1) is 14.9. The van der Waals surface area contributed by atoms with Gasteiger partial charge in [-0.05, 0) is 60.6 Å². The largest absolute Gasteiger partial charge is 0.454 e. The van der Waals surface area contributed by atoms with Gasteiger partial charge < -0.3 is 14.4 Å². The lowest BCUT2D eigenvalue weighted by Gasteiger charge is -2.36. The maximum absolute atomic E-state index is 13.3. The number of rotatable bonds is 5. The number of ether oxygens (including phenoxy) is 2. The molecule has 164 valence electrons. The van der Waals surface area contributed by atoms with Crippen molar-refractivity contribution in [3.63, 3.8) is 0 Å². The third-order valence-electron chi connectivity index (χ3n) is 6.51. The molecule has 5 rings (SSSR count). The maximum atomic E-state index is 13.3. The zero-order chi connectivity index (χ0) is 21.8. The number of nitrogens with zero attached hydrogens (tertiary/aromatic N) is 2. The molecule has 0 N–H and O–H groups in total. The van der Waals surface area contributed by atoms with Crippen molar-refractivity contribution >= 4 is 34.6 Å². The Morgan fingerprint density at radius 3 is 2.52 bits per heavy atom. The topological polar surface area (TPSA) is 42.0 Å². The number of hydrogen-bond acceptors (Lipinski definition) is 4. The molecule has 31 heavy (non-hydrogen) atoms. The minimum atomic E-state index is 0.105. The van der Waals surface area contributed by atoms with Crippen LogP contribution in [0.4, 0.5) is 17.1 Å². The molecular weight excluding hydrogens is 412 g/mol. The molecule has 2 aromatic rings. The van der Waals surface area contributed by atoms with E-state index >= 15 is 0 Å². The molecule has 2 aliphatic heterocycles. The average Bonchev–Trinajstić information content (AvgIpc) is 3.37. The standard InChI is InChI=1S/C25H29ClN2O3/c1-25(2,3)23-13-17-12-18(6-8-20(17)27(23)11-10-26)28(24(29)16-4-5-16)19-7-9-21-22(14-19)31-15-30-21/h6-9,12,14,16,23H,4-5,10-11,13,15H2,1-3H3. The van der Waals surface area contributed by atoms with Crippen LogP contribution >= 0.6 is 11.6 Å². The summed E-state index contributed by atoms with van der Waals surface area (Å²) in [6, 6.07) is 12.5. The van der Waals surface area contributed by atoms with E-state index in [1.54, 1.807) is 0 Å². The molecule has 2 aromatic carbocycles. The fourth-order valence-corrected chi connectivity index (χ4v) is 4.90. The lowest BCUT2D eigenvalue weighted by atomic mass is 9.84. The number of alkyl halides is 1. The Kier molecular flexibility index (Phi) is 5.04. The number of halogens is 1. The van der Waals surface area contributed by atoms with Gasteiger partial charge in [-0.15, -0.1) is 11.6 Å². The third-order valence-corrected chi connectivity index (χ3v) is 6.68. The van der Waals surface area contributed by atoms with Gasteiger partial charge in [-0.2, -0.15) is 0 Å². The van der Waals surface area contributed by atoms with Crippen molar-refractivity contribution in [2.45, 2.75) is 46.1 Å². The second-order valence-electron chi connectivity index (χ2n) is 9.77. The molecule has 6 heteroatoms. The first-order valence-electron chi connectivity index (χ1n) is 11.1. The van der Waals surface area contributed by atoms with Crippen molar-refractivity contribution in [1.29, 1.82) is 0 Å². The van der Waals surface area contributed by atoms with Crippen LogP contribution in [0.3, 0.4) is 0 Å². The number of fused-ring (bicyclic) bond motifs is 2. The van der Waals surface area contributed by atoms with Crippen molar-refractivity contribution in [2.75, 3.05) is 29.0 Å². The SMILES string of the molecule is CC(C)(C)C1Cc2cc(N(C(=O)C3CC3)c3ccc4c(c3)OCO4)ccc2N1CCCl. The molecule has 3 aliphatic rings. The molecule has 0 aromatic heterocycles. The van der Waals surface area contributed by atoms with Gasteiger partial charge in [-0.25, -0.2) is 0 Å². The van der Waals surface area contributed by atoms with E-state index in [4.69, 9.17) is 21.1 Å². The van der Waals surface area contributed by atoms with Crippen molar-refractivity contribution < 1.29 is 14.3 Å². The molecule has 0 saturated heterocycles. The van der Waals surface area contributed by atoms with Crippen LogP contribution in [-0.2, 0) is 11.2 Å². The van der Waals surface area contributed by atoms with Crippen molar-refractivity contribution in [2.24, 2.45) is 11.3 Å². The van der Waals surface area contributed by atoms with E-state index in [0.29, 0.717) is 17.7 Å². The summed E-state index contributed by atoms with van der Waals surface area (Å²) in [4.78, 5) is 17.6.